The van der Waals surface area contributed by atoms with E-state index in [-0.39, 0.29) is 0 Å². The molecule has 1 aliphatic rings. The second-order valence-corrected chi connectivity index (χ2v) is 12.3. The molecule has 3 aromatic carbocycles. The summed E-state index contributed by atoms with van der Waals surface area (Å²) in [4.78, 5) is 15.5. The van der Waals surface area contributed by atoms with Crippen molar-refractivity contribution in [2.75, 3.05) is 0 Å². The number of hydrogen-bond acceptors (Lipinski definition) is 3. The van der Waals surface area contributed by atoms with Crippen LogP contribution in [-0.2, 0) is 19.3 Å². The van der Waals surface area contributed by atoms with Gasteiger partial charge in [-0.15, -0.1) is 0 Å². The largest absolute Gasteiger partial charge is 0.312 e. The fourth-order valence-electron chi connectivity index (χ4n) is 7.24. The van der Waals surface area contributed by atoms with Crippen LogP contribution in [0.2, 0.25) is 0 Å². The molecule has 6 aromatic rings. The van der Waals surface area contributed by atoms with Gasteiger partial charge in [0.05, 0.1) is 16.7 Å². The minimum absolute atomic E-state index is 0.344. The maximum atomic E-state index is 5.23. The predicted octanol–water partition coefficient (Wildman–Crippen LogP) is 8.40. The summed E-state index contributed by atoms with van der Waals surface area (Å²) in [6, 6.07) is 31.2. The zero-order valence-corrected chi connectivity index (χ0v) is 27.7. The van der Waals surface area contributed by atoms with Crippen molar-refractivity contribution < 1.29 is 0 Å². The van der Waals surface area contributed by atoms with Crippen molar-refractivity contribution in [3.8, 4) is 45.8 Å². The fraction of sp³-hybridized carbons (Fsp3) is 0.214. The minimum Gasteiger partial charge on any atom is -0.312 e. The Balaban J connectivity index is 1.64. The molecule has 7 rings (SSSR count). The van der Waals surface area contributed by atoms with E-state index in [1.54, 1.807) is 0 Å². The molecule has 3 heterocycles. The van der Waals surface area contributed by atoms with Gasteiger partial charge in [-0.25, -0.2) is 4.98 Å². The Morgan fingerprint density at radius 1 is 0.787 bits per heavy atom. The van der Waals surface area contributed by atoms with Crippen LogP contribution in [0.25, 0.3) is 58.5 Å². The van der Waals surface area contributed by atoms with Gasteiger partial charge in [0.1, 0.15) is 0 Å². The molecule has 0 fully saturated rings. The maximum absolute atomic E-state index is 5.23. The number of aromatic nitrogens is 5. The zero-order valence-electron chi connectivity index (χ0n) is 27.7. The molecule has 0 saturated carbocycles. The molecular formula is C42H41N5. The summed E-state index contributed by atoms with van der Waals surface area (Å²) >= 11 is 0. The Morgan fingerprint density at radius 2 is 1.38 bits per heavy atom. The van der Waals surface area contributed by atoms with E-state index in [1.807, 2.05) is 43.3 Å². The first-order chi connectivity index (χ1) is 23.0. The van der Waals surface area contributed by atoms with Crippen molar-refractivity contribution in [3.05, 3.63) is 136 Å². The minimum atomic E-state index is 0.344. The molecular weight excluding hydrogens is 574 g/mol. The highest BCUT2D eigenvalue weighted by atomic mass is 15.2. The van der Waals surface area contributed by atoms with E-state index < -0.39 is 0 Å². The third kappa shape index (κ3) is 5.26. The van der Waals surface area contributed by atoms with E-state index in [0.717, 1.165) is 53.1 Å². The average molecular weight is 616 g/mol. The van der Waals surface area contributed by atoms with Gasteiger partial charge in [0.15, 0.2) is 11.6 Å². The standard InChI is InChI=1S/C42H41N5/c1-6-9-26-35-29(5)34-27-28(4)37-33(8-3)36(19-7-2)46(32-24-17-12-18-25-32)39(37)38(34)47(35)42-44-40(30-20-13-10-14-21-30)43-41(45-42)31-22-15-11-16-23-31/h6,9-18,20-26,28H,5,7-8,19,27H2,1-4H3/b9-6-,35-26+. The smallest absolute Gasteiger partial charge is 0.238 e. The molecule has 3 aromatic heterocycles. The van der Waals surface area contributed by atoms with Crippen LogP contribution in [0, 0.1) is 0 Å². The highest BCUT2D eigenvalue weighted by Gasteiger charge is 2.35. The first-order valence-corrected chi connectivity index (χ1v) is 16.8. The summed E-state index contributed by atoms with van der Waals surface area (Å²) in [7, 11) is 0. The van der Waals surface area contributed by atoms with Gasteiger partial charge in [-0.2, -0.15) is 9.97 Å². The van der Waals surface area contributed by atoms with Gasteiger partial charge in [-0.05, 0) is 72.2 Å². The van der Waals surface area contributed by atoms with Crippen molar-refractivity contribution in [3.63, 3.8) is 0 Å². The molecule has 0 N–H and O–H groups in total. The van der Waals surface area contributed by atoms with E-state index in [4.69, 9.17) is 21.5 Å². The molecule has 0 radical (unpaired) electrons. The molecule has 0 saturated heterocycles. The Morgan fingerprint density at radius 3 is 1.94 bits per heavy atom. The zero-order chi connectivity index (χ0) is 32.5. The van der Waals surface area contributed by atoms with Gasteiger partial charge in [0.2, 0.25) is 5.95 Å². The van der Waals surface area contributed by atoms with Crippen molar-refractivity contribution in [1.82, 2.24) is 24.1 Å². The maximum Gasteiger partial charge on any atom is 0.238 e. The summed E-state index contributed by atoms with van der Waals surface area (Å²) in [5, 5.41) is 2.02. The second-order valence-electron chi connectivity index (χ2n) is 12.3. The van der Waals surface area contributed by atoms with E-state index in [0.29, 0.717) is 23.5 Å². The Labute approximate surface area is 277 Å². The second kappa shape index (κ2) is 12.8. The lowest BCUT2D eigenvalue weighted by molar-refractivity contribution is 0.731. The summed E-state index contributed by atoms with van der Waals surface area (Å²) in [6.45, 7) is 13.7. The van der Waals surface area contributed by atoms with Crippen molar-refractivity contribution in [2.24, 2.45) is 0 Å². The molecule has 5 nitrogen and oxygen atoms in total. The number of nitrogens with zero attached hydrogens (tertiary/aromatic N) is 5. The lowest BCUT2D eigenvalue weighted by Crippen LogP contribution is -2.29. The highest BCUT2D eigenvalue weighted by molar-refractivity contribution is 5.77. The monoisotopic (exact) mass is 615 g/mol. The van der Waals surface area contributed by atoms with Crippen LogP contribution in [-0.4, -0.2) is 24.1 Å². The predicted molar refractivity (Wildman–Crippen MR) is 194 cm³/mol. The quantitative estimate of drug-likeness (QED) is 0.173. The first-order valence-electron chi connectivity index (χ1n) is 16.8. The highest BCUT2D eigenvalue weighted by Crippen LogP contribution is 2.45. The van der Waals surface area contributed by atoms with Crippen molar-refractivity contribution >= 4 is 12.7 Å². The van der Waals surface area contributed by atoms with Crippen LogP contribution in [0.3, 0.4) is 0 Å². The molecule has 0 amide bonds. The number of hydrogen-bond donors (Lipinski definition) is 0. The summed E-state index contributed by atoms with van der Waals surface area (Å²) in [5.41, 5.74) is 11.0. The Kier molecular flexibility index (Phi) is 8.30. The van der Waals surface area contributed by atoms with Crippen molar-refractivity contribution in [2.45, 2.75) is 59.3 Å². The normalized spacial score (nSPS) is 14.5. The van der Waals surface area contributed by atoms with Crippen LogP contribution < -0.4 is 10.6 Å². The van der Waals surface area contributed by atoms with Crippen LogP contribution in [0.15, 0.2) is 103 Å². The molecule has 1 unspecified atom stereocenters. The fourth-order valence-corrected chi connectivity index (χ4v) is 7.24. The van der Waals surface area contributed by atoms with Crippen LogP contribution in [0.4, 0.5) is 0 Å². The number of benzene rings is 3. The number of fused-ring (bicyclic) bond motifs is 3. The number of rotatable bonds is 8. The Bertz CT molecular complexity index is 2130. The third-order valence-corrected chi connectivity index (χ3v) is 9.26. The number of allylic oxidation sites excluding steroid dienone is 2. The lowest BCUT2D eigenvalue weighted by Gasteiger charge is -2.25. The Hall–Kier alpha value is -5.29. The molecule has 47 heavy (non-hydrogen) atoms. The third-order valence-electron chi connectivity index (χ3n) is 9.26. The van der Waals surface area contributed by atoms with Gasteiger partial charge in [-0.3, -0.25) is 4.57 Å². The molecule has 234 valence electrons. The van der Waals surface area contributed by atoms with Gasteiger partial charge in [-0.1, -0.05) is 125 Å². The van der Waals surface area contributed by atoms with E-state index >= 15 is 0 Å². The van der Waals surface area contributed by atoms with Gasteiger partial charge >= 0.3 is 0 Å². The number of para-hydroxylation sites is 1. The van der Waals surface area contributed by atoms with E-state index in [1.165, 1.54) is 33.8 Å². The van der Waals surface area contributed by atoms with Crippen LogP contribution in [0.5, 0.6) is 0 Å². The SMILES string of the molecule is C=c1c2c(n(-c3nc(-c4ccccc4)nc(-c4ccccc4)n3)/c1=C/C=C\C)-c1c(c(CC)c(CCC)n1-c1ccccc1)C(C)C2. The van der Waals surface area contributed by atoms with Crippen LogP contribution >= 0.6 is 0 Å². The summed E-state index contributed by atoms with van der Waals surface area (Å²) < 4.78 is 4.79. The van der Waals surface area contributed by atoms with Gasteiger partial charge in [0.25, 0.3) is 0 Å². The van der Waals surface area contributed by atoms with Crippen LogP contribution in [0.1, 0.15) is 62.4 Å². The lowest BCUT2D eigenvalue weighted by atomic mass is 9.83. The van der Waals surface area contributed by atoms with Gasteiger partial charge in [0, 0.05) is 22.5 Å². The average Bonchev–Trinajstić information content (AvgIpc) is 3.59. The van der Waals surface area contributed by atoms with E-state index in [2.05, 4.69) is 103 Å². The molecule has 1 atom stereocenters. The molecule has 1 aliphatic carbocycles. The molecule has 0 bridgehead atoms. The molecule has 0 spiro atoms. The molecule has 0 aliphatic heterocycles. The summed E-state index contributed by atoms with van der Waals surface area (Å²) in [5.74, 6) is 2.22. The molecule has 5 heteroatoms. The topological polar surface area (TPSA) is 48.5 Å². The van der Waals surface area contributed by atoms with Gasteiger partial charge < -0.3 is 4.57 Å². The van der Waals surface area contributed by atoms with E-state index in [9.17, 15) is 0 Å². The first kappa shape index (κ1) is 30.4. The van der Waals surface area contributed by atoms with Crippen molar-refractivity contribution in [1.29, 1.82) is 0 Å². The summed E-state index contributed by atoms with van der Waals surface area (Å²) in [6.07, 6.45) is 10.3.